The Kier molecular flexibility index (Phi) is 5.27. The van der Waals surface area contributed by atoms with Gasteiger partial charge in [0.1, 0.15) is 0 Å². The van der Waals surface area contributed by atoms with Crippen LogP contribution in [-0.2, 0) is 18.7 Å². The number of hydrogen-bond acceptors (Lipinski definition) is 5. The highest BCUT2D eigenvalue weighted by Crippen LogP contribution is 2.10. The zero-order valence-electron chi connectivity index (χ0n) is 6.52. The second kappa shape index (κ2) is 5.39. The minimum absolute atomic E-state index is 0.0116. The fraction of sp³-hybridized carbons (Fsp3) is 0.800. The van der Waals surface area contributed by atoms with E-state index in [1.165, 1.54) is 0 Å². The van der Waals surface area contributed by atoms with Gasteiger partial charge in [0.15, 0.2) is 0 Å². The van der Waals surface area contributed by atoms with E-state index >= 15 is 0 Å². The van der Waals surface area contributed by atoms with Crippen LogP contribution in [0.4, 0.5) is 0 Å². The fourth-order valence-electron chi connectivity index (χ4n) is 0.463. The quantitative estimate of drug-likeness (QED) is 0.407. The Balaban J connectivity index is 3.51. The number of ether oxygens (including phenoxy) is 1. The minimum atomic E-state index is -4.03. The Bertz CT molecular complexity index is 232. The average molecular weight is 214 g/mol. The van der Waals surface area contributed by atoms with Crippen molar-refractivity contribution in [2.75, 3.05) is 12.4 Å². The second-order valence-electron chi connectivity index (χ2n) is 1.80. The van der Waals surface area contributed by atoms with Crippen LogP contribution in [0.3, 0.4) is 0 Å². The SMILES string of the molecule is CCOC(=O)CCSS(=O)(=O)O. The van der Waals surface area contributed by atoms with Crippen LogP contribution in [0, 0.1) is 0 Å². The van der Waals surface area contributed by atoms with Crippen LogP contribution in [0.2, 0.25) is 0 Å². The molecular formula is C5H10O5S2. The first-order valence-electron chi connectivity index (χ1n) is 3.23. The number of esters is 1. The predicted octanol–water partition coefficient (Wildman–Crippen LogP) is 0.476. The molecule has 0 aliphatic carbocycles. The molecule has 0 aromatic rings. The van der Waals surface area contributed by atoms with Crippen molar-refractivity contribution in [3.8, 4) is 0 Å². The topological polar surface area (TPSA) is 80.7 Å². The van der Waals surface area contributed by atoms with Gasteiger partial charge in [-0.25, -0.2) is 0 Å². The van der Waals surface area contributed by atoms with Crippen molar-refractivity contribution in [2.45, 2.75) is 13.3 Å². The Morgan fingerprint density at radius 3 is 2.58 bits per heavy atom. The van der Waals surface area contributed by atoms with E-state index in [2.05, 4.69) is 4.74 Å². The Morgan fingerprint density at radius 2 is 2.17 bits per heavy atom. The summed E-state index contributed by atoms with van der Waals surface area (Å²) in [6, 6.07) is 0. The van der Waals surface area contributed by atoms with Gasteiger partial charge < -0.3 is 4.74 Å². The summed E-state index contributed by atoms with van der Waals surface area (Å²) in [4.78, 5) is 10.6. The number of carbonyl (C=O) groups excluding carboxylic acids is 1. The molecule has 0 aromatic carbocycles. The molecule has 0 atom stereocenters. The molecule has 0 heterocycles. The van der Waals surface area contributed by atoms with Gasteiger partial charge in [-0.05, 0) is 17.7 Å². The molecule has 72 valence electrons. The number of carbonyl (C=O) groups is 1. The summed E-state index contributed by atoms with van der Waals surface area (Å²) in [6.07, 6.45) is -0.0156. The molecule has 5 nitrogen and oxygen atoms in total. The van der Waals surface area contributed by atoms with Crippen LogP contribution in [0.15, 0.2) is 0 Å². The van der Waals surface area contributed by atoms with Crippen LogP contribution >= 0.6 is 10.8 Å². The average Bonchev–Trinajstić information content (AvgIpc) is 1.84. The Labute approximate surface area is 74.6 Å². The molecule has 0 rings (SSSR count). The standard InChI is InChI=1S/C5H10O5S2/c1-2-10-5(6)3-4-11-12(7,8)9/h2-4H2,1H3,(H,7,8,9). The molecule has 0 aliphatic heterocycles. The molecule has 0 aromatic heterocycles. The molecule has 0 radical (unpaired) electrons. The Hall–Kier alpha value is -0.270. The highest BCUT2D eigenvalue weighted by molar-refractivity contribution is 8.69. The van der Waals surface area contributed by atoms with Crippen LogP contribution in [-0.4, -0.2) is 31.3 Å². The van der Waals surface area contributed by atoms with Crippen LogP contribution in [0.1, 0.15) is 13.3 Å². The molecular weight excluding hydrogens is 204 g/mol. The second-order valence-corrected chi connectivity index (χ2v) is 5.27. The van der Waals surface area contributed by atoms with Crippen molar-refractivity contribution < 1.29 is 22.5 Å². The van der Waals surface area contributed by atoms with Gasteiger partial charge in [-0.2, -0.15) is 8.42 Å². The van der Waals surface area contributed by atoms with E-state index in [4.69, 9.17) is 4.55 Å². The largest absolute Gasteiger partial charge is 0.466 e. The lowest BCUT2D eigenvalue weighted by Crippen LogP contribution is -2.05. The van der Waals surface area contributed by atoms with Gasteiger partial charge in [0.25, 0.3) is 0 Å². The van der Waals surface area contributed by atoms with E-state index in [1.807, 2.05) is 0 Å². The molecule has 7 heteroatoms. The smallest absolute Gasteiger partial charge is 0.319 e. The highest BCUT2D eigenvalue weighted by Gasteiger charge is 2.07. The molecule has 0 fully saturated rings. The van der Waals surface area contributed by atoms with Crippen LogP contribution in [0.5, 0.6) is 0 Å². The third-order valence-electron chi connectivity index (χ3n) is 0.844. The molecule has 12 heavy (non-hydrogen) atoms. The molecule has 0 aliphatic rings. The molecule has 1 N–H and O–H groups in total. The summed E-state index contributed by atoms with van der Waals surface area (Å²) in [7, 11) is -3.71. The van der Waals surface area contributed by atoms with Gasteiger partial charge in [0.2, 0.25) is 0 Å². The maximum atomic E-state index is 10.6. The van der Waals surface area contributed by atoms with E-state index in [-0.39, 0.29) is 18.8 Å². The predicted molar refractivity (Wildman–Crippen MR) is 45.3 cm³/mol. The Morgan fingerprint density at radius 1 is 1.58 bits per heavy atom. The normalized spacial score (nSPS) is 11.2. The monoisotopic (exact) mass is 214 g/mol. The highest BCUT2D eigenvalue weighted by atomic mass is 33.1. The fourth-order valence-corrected chi connectivity index (χ4v) is 1.81. The van der Waals surface area contributed by atoms with Crippen molar-refractivity contribution in [3.05, 3.63) is 0 Å². The van der Waals surface area contributed by atoms with Crippen LogP contribution in [0.25, 0.3) is 0 Å². The molecule has 0 saturated heterocycles. The lowest BCUT2D eigenvalue weighted by Gasteiger charge is -1.99. The van der Waals surface area contributed by atoms with Crippen LogP contribution < -0.4 is 0 Å². The summed E-state index contributed by atoms with van der Waals surface area (Å²) in [5, 5.41) is 0. The third-order valence-corrected chi connectivity index (χ3v) is 2.91. The van der Waals surface area contributed by atoms with Gasteiger partial charge in [-0.3, -0.25) is 9.35 Å². The lowest BCUT2D eigenvalue weighted by atomic mass is 10.5. The van der Waals surface area contributed by atoms with Crippen molar-refractivity contribution in [1.29, 1.82) is 0 Å². The number of hydrogen-bond donors (Lipinski definition) is 1. The first-order chi connectivity index (χ1) is 5.45. The van der Waals surface area contributed by atoms with Crippen molar-refractivity contribution >= 4 is 25.9 Å². The number of rotatable bonds is 5. The molecule has 0 saturated carbocycles. The summed E-state index contributed by atoms with van der Waals surface area (Å²) >= 11 is 0. The molecule has 0 bridgehead atoms. The summed E-state index contributed by atoms with van der Waals surface area (Å²) in [5.74, 6) is -0.453. The molecule has 0 spiro atoms. The lowest BCUT2D eigenvalue weighted by molar-refractivity contribution is -0.142. The van der Waals surface area contributed by atoms with Gasteiger partial charge in [-0.15, -0.1) is 0 Å². The molecule has 0 amide bonds. The van der Waals surface area contributed by atoms with E-state index in [0.717, 1.165) is 0 Å². The third kappa shape index (κ3) is 7.83. The maximum Gasteiger partial charge on any atom is 0.319 e. The van der Waals surface area contributed by atoms with E-state index in [9.17, 15) is 13.2 Å². The first-order valence-corrected chi connectivity index (χ1v) is 6.17. The minimum Gasteiger partial charge on any atom is -0.466 e. The first kappa shape index (κ1) is 11.7. The summed E-state index contributed by atoms with van der Waals surface area (Å²) < 4.78 is 33.0. The van der Waals surface area contributed by atoms with E-state index in [0.29, 0.717) is 10.8 Å². The van der Waals surface area contributed by atoms with Crippen molar-refractivity contribution in [3.63, 3.8) is 0 Å². The van der Waals surface area contributed by atoms with Gasteiger partial charge in [0.05, 0.1) is 13.0 Å². The van der Waals surface area contributed by atoms with Gasteiger partial charge in [-0.1, -0.05) is 0 Å². The van der Waals surface area contributed by atoms with Crippen molar-refractivity contribution in [1.82, 2.24) is 0 Å². The van der Waals surface area contributed by atoms with Gasteiger partial charge >= 0.3 is 15.1 Å². The zero-order valence-corrected chi connectivity index (χ0v) is 8.15. The van der Waals surface area contributed by atoms with E-state index < -0.39 is 15.1 Å². The zero-order chi connectivity index (χ0) is 9.61. The van der Waals surface area contributed by atoms with Gasteiger partial charge in [0, 0.05) is 5.75 Å². The summed E-state index contributed by atoms with van der Waals surface area (Å²) in [6.45, 7) is 1.93. The van der Waals surface area contributed by atoms with Crippen molar-refractivity contribution in [2.24, 2.45) is 0 Å². The summed E-state index contributed by atoms with van der Waals surface area (Å²) in [5.41, 5.74) is 0. The molecule has 0 unspecified atom stereocenters. The maximum absolute atomic E-state index is 10.6. The van der Waals surface area contributed by atoms with E-state index in [1.54, 1.807) is 6.92 Å².